The van der Waals surface area contributed by atoms with Crippen LogP contribution < -0.4 is 0 Å². The lowest BCUT2D eigenvalue weighted by atomic mass is 10.6. The van der Waals surface area contributed by atoms with Crippen molar-refractivity contribution in [2.45, 2.75) is 22.0 Å². The molecule has 0 aromatic heterocycles. The maximum Gasteiger partial charge on any atom is 0.211 e. The lowest BCUT2D eigenvalue weighted by molar-refractivity contribution is -0.107. The molecule has 0 aromatic carbocycles. The van der Waals surface area contributed by atoms with E-state index < -0.39 is 0 Å². The Labute approximate surface area is 208 Å². The Morgan fingerprint density at radius 2 is 1.31 bits per heavy atom. The van der Waals surface area contributed by atoms with Crippen molar-refractivity contribution in [3.8, 4) is 0 Å². The topological polar surface area (TPSA) is 34.1 Å². The molecule has 0 spiro atoms. The summed E-state index contributed by atoms with van der Waals surface area (Å²) < 4.78 is 1.20. The van der Waals surface area contributed by atoms with Crippen molar-refractivity contribution in [3.63, 3.8) is 0 Å². The number of thioether (sulfide) groups is 8. The van der Waals surface area contributed by atoms with Crippen LogP contribution >= 0.6 is 94.1 Å². The molecule has 0 N–H and O–H groups in total. The summed E-state index contributed by atoms with van der Waals surface area (Å²) in [7, 11) is 0. The molecule has 2 rings (SSSR count). The third-order valence-electron chi connectivity index (χ3n) is 3.48. The lowest BCUT2D eigenvalue weighted by Crippen LogP contribution is -1.97. The Morgan fingerprint density at radius 1 is 0.862 bits per heavy atom. The average molecular weight is 541 g/mol. The molecule has 0 fully saturated rings. The lowest BCUT2D eigenvalue weighted by Gasteiger charge is -2.10. The van der Waals surface area contributed by atoms with Crippen LogP contribution in [0.5, 0.6) is 0 Å². The van der Waals surface area contributed by atoms with E-state index in [0.29, 0.717) is 9.16 Å². The smallest absolute Gasteiger partial charge is 0.211 e. The highest BCUT2D eigenvalue weighted by molar-refractivity contribution is 8.24. The summed E-state index contributed by atoms with van der Waals surface area (Å²) in [5.41, 5.74) is 0. The van der Waals surface area contributed by atoms with E-state index in [4.69, 9.17) is 0 Å². The molecule has 2 unspecified atom stereocenters. The van der Waals surface area contributed by atoms with Crippen LogP contribution in [0.25, 0.3) is 0 Å². The van der Waals surface area contributed by atoms with Crippen molar-refractivity contribution < 1.29 is 9.59 Å². The zero-order valence-electron chi connectivity index (χ0n) is 15.9. The molecule has 0 aromatic rings. The van der Waals surface area contributed by atoms with Gasteiger partial charge in [0, 0.05) is 26.4 Å². The van der Waals surface area contributed by atoms with Crippen LogP contribution in [0.15, 0.2) is 45.9 Å². The number of hydrogen-bond acceptors (Lipinski definition) is 10. The first-order valence-electron chi connectivity index (χ1n) is 8.87. The molecule has 2 nitrogen and oxygen atoms in total. The van der Waals surface area contributed by atoms with Gasteiger partial charge in [-0.15, -0.1) is 47.0 Å². The molecular weight excluding hydrogens is 517 g/mol. The van der Waals surface area contributed by atoms with Gasteiger partial charge in [-0.25, -0.2) is 0 Å². The van der Waals surface area contributed by atoms with Crippen LogP contribution in [0.1, 0.15) is 12.8 Å². The van der Waals surface area contributed by atoms with E-state index in [1.54, 1.807) is 0 Å². The van der Waals surface area contributed by atoms with Gasteiger partial charge in [0.2, 0.25) is 10.2 Å². The SMILES string of the molecule is C=CC(=O)SCC1=CSC(CCSCSCCC2SC=C(CSC(=O)C=C)S2)S1. The molecule has 160 valence electrons. The number of rotatable bonds is 14. The van der Waals surface area contributed by atoms with E-state index >= 15 is 0 Å². The van der Waals surface area contributed by atoms with E-state index in [1.807, 2.05) is 70.6 Å². The molecule has 0 aliphatic carbocycles. The molecule has 2 aliphatic heterocycles. The van der Waals surface area contributed by atoms with E-state index in [2.05, 4.69) is 24.0 Å². The molecule has 29 heavy (non-hydrogen) atoms. The van der Waals surface area contributed by atoms with Crippen molar-refractivity contribution in [1.82, 2.24) is 0 Å². The van der Waals surface area contributed by atoms with Gasteiger partial charge >= 0.3 is 0 Å². The van der Waals surface area contributed by atoms with Crippen LogP contribution in [-0.4, -0.2) is 47.5 Å². The molecule has 2 heterocycles. The summed E-state index contributed by atoms with van der Waals surface area (Å²) in [4.78, 5) is 25.2. The van der Waals surface area contributed by atoms with Crippen LogP contribution in [-0.2, 0) is 9.59 Å². The fourth-order valence-electron chi connectivity index (χ4n) is 2.08. The minimum atomic E-state index is 0.0515. The Bertz CT molecular complexity index is 592. The van der Waals surface area contributed by atoms with Crippen molar-refractivity contribution >= 4 is 104 Å². The minimum absolute atomic E-state index is 0.0515. The van der Waals surface area contributed by atoms with E-state index in [1.165, 1.54) is 69.8 Å². The van der Waals surface area contributed by atoms with Crippen LogP contribution in [0.3, 0.4) is 0 Å². The first kappa shape index (κ1) is 26.4. The van der Waals surface area contributed by atoms with Crippen molar-refractivity contribution in [1.29, 1.82) is 0 Å². The second kappa shape index (κ2) is 15.8. The number of carbonyl (C=O) groups is 2. The summed E-state index contributed by atoms with van der Waals surface area (Å²) >= 11 is 14.3. The highest BCUT2D eigenvalue weighted by Crippen LogP contribution is 2.44. The summed E-state index contributed by atoms with van der Waals surface area (Å²) in [5, 5.41) is 5.68. The Morgan fingerprint density at radius 3 is 1.72 bits per heavy atom. The zero-order valence-corrected chi connectivity index (χ0v) is 22.4. The fraction of sp³-hybridized carbons (Fsp3) is 0.474. The Kier molecular flexibility index (Phi) is 14.4. The van der Waals surface area contributed by atoms with Gasteiger partial charge in [-0.05, 0) is 47.3 Å². The van der Waals surface area contributed by atoms with Gasteiger partial charge in [0.25, 0.3) is 0 Å². The minimum Gasteiger partial charge on any atom is -0.282 e. The third kappa shape index (κ3) is 11.5. The largest absolute Gasteiger partial charge is 0.282 e. The zero-order chi connectivity index (χ0) is 20.9. The van der Waals surface area contributed by atoms with Crippen LogP contribution in [0, 0.1) is 0 Å². The molecule has 2 aliphatic rings. The summed E-state index contributed by atoms with van der Waals surface area (Å²) in [5.74, 6) is 3.92. The average Bonchev–Trinajstić information content (AvgIpc) is 3.38. The predicted molar refractivity (Wildman–Crippen MR) is 148 cm³/mol. The molecule has 0 bridgehead atoms. The van der Waals surface area contributed by atoms with Crippen molar-refractivity contribution in [2.24, 2.45) is 0 Å². The molecule has 2 atom stereocenters. The third-order valence-corrected chi connectivity index (χ3v) is 13.6. The van der Waals surface area contributed by atoms with Crippen molar-refractivity contribution in [3.05, 3.63) is 45.9 Å². The van der Waals surface area contributed by atoms with Gasteiger partial charge in [-0.3, -0.25) is 9.59 Å². The van der Waals surface area contributed by atoms with E-state index in [-0.39, 0.29) is 10.2 Å². The molecular formula is C19H24O2S8. The Balaban J connectivity index is 1.41. The van der Waals surface area contributed by atoms with E-state index in [0.717, 1.165) is 16.6 Å². The van der Waals surface area contributed by atoms with Gasteiger partial charge in [-0.2, -0.15) is 23.5 Å². The highest BCUT2D eigenvalue weighted by atomic mass is 32.2. The monoisotopic (exact) mass is 540 g/mol. The first-order chi connectivity index (χ1) is 14.1. The van der Waals surface area contributed by atoms with Crippen LogP contribution in [0.2, 0.25) is 0 Å². The Hall–Kier alpha value is 1.10. The van der Waals surface area contributed by atoms with E-state index in [9.17, 15) is 9.59 Å². The summed E-state index contributed by atoms with van der Waals surface area (Å²) in [6.45, 7) is 7.01. The summed E-state index contributed by atoms with van der Waals surface area (Å²) in [6.07, 6.45) is 5.16. The quantitative estimate of drug-likeness (QED) is 0.126. The number of hydrogen-bond donors (Lipinski definition) is 0. The summed E-state index contributed by atoms with van der Waals surface area (Å²) in [6, 6.07) is 0. The molecule has 10 heteroatoms. The van der Waals surface area contributed by atoms with Gasteiger partial charge in [0.1, 0.15) is 0 Å². The maximum atomic E-state index is 11.3. The molecule has 0 amide bonds. The predicted octanol–water partition coefficient (Wildman–Crippen LogP) is 7.38. The number of carbonyl (C=O) groups excluding carboxylic acids is 2. The normalized spacial score (nSPS) is 21.0. The van der Waals surface area contributed by atoms with Crippen LogP contribution in [0.4, 0.5) is 0 Å². The molecule has 0 saturated carbocycles. The second-order valence-electron chi connectivity index (χ2n) is 5.67. The standard InChI is InChI=1S/C19H24O2S8/c1-3-16(20)24-9-14-11-26-18(28-14)5-7-22-13-23-8-6-19-27-12-15(29-19)10-25-17(21)4-2/h3-4,11-12,18-19H,1-2,5-10,13H2. The van der Waals surface area contributed by atoms with Gasteiger partial charge in [0.15, 0.2) is 0 Å². The first-order valence-corrected chi connectivity index (χ1v) is 16.8. The maximum absolute atomic E-state index is 11.3. The molecule has 0 radical (unpaired) electrons. The van der Waals surface area contributed by atoms with Gasteiger partial charge < -0.3 is 0 Å². The second-order valence-corrected chi connectivity index (χ2v) is 15.6. The van der Waals surface area contributed by atoms with Gasteiger partial charge in [0.05, 0.1) is 9.16 Å². The van der Waals surface area contributed by atoms with Gasteiger partial charge in [-0.1, -0.05) is 36.7 Å². The molecule has 0 saturated heterocycles. The van der Waals surface area contributed by atoms with Crippen molar-refractivity contribution in [2.75, 3.05) is 28.1 Å². The fourth-order valence-corrected chi connectivity index (χ4v) is 11.7. The highest BCUT2D eigenvalue weighted by Gasteiger charge is 2.20.